The predicted octanol–water partition coefficient (Wildman–Crippen LogP) is 3.83. The van der Waals surface area contributed by atoms with Crippen LogP contribution in [0, 0.1) is 6.92 Å². The third-order valence-corrected chi connectivity index (χ3v) is 3.84. The average Bonchev–Trinajstić information content (AvgIpc) is 2.41. The monoisotopic (exact) mass is 374 g/mol. The van der Waals surface area contributed by atoms with Crippen molar-refractivity contribution in [3.05, 3.63) is 29.3 Å². The van der Waals surface area contributed by atoms with Crippen LogP contribution in [0.15, 0.2) is 18.2 Å². The van der Waals surface area contributed by atoms with Crippen LogP contribution in [0.5, 0.6) is 5.75 Å². The van der Waals surface area contributed by atoms with E-state index in [1.165, 1.54) is 0 Å². The number of nitrogens with zero attached hydrogens (tertiary/aromatic N) is 1. The van der Waals surface area contributed by atoms with Gasteiger partial charge in [0.05, 0.1) is 0 Å². The Morgan fingerprint density at radius 3 is 2.35 bits per heavy atom. The van der Waals surface area contributed by atoms with E-state index in [9.17, 15) is 18.3 Å². The molecule has 0 bridgehead atoms. The number of halogens is 5. The lowest BCUT2D eigenvalue weighted by molar-refractivity contribution is -0.138. The molecule has 1 atom stereocenters. The molecule has 1 aliphatic rings. The van der Waals surface area contributed by atoms with Gasteiger partial charge in [-0.2, -0.15) is 13.2 Å². The zero-order chi connectivity index (χ0) is 15.5. The van der Waals surface area contributed by atoms with Crippen LogP contribution < -0.4 is 5.32 Å². The average molecular weight is 375 g/mol. The van der Waals surface area contributed by atoms with Gasteiger partial charge in [0.15, 0.2) is 0 Å². The minimum Gasteiger partial charge on any atom is -0.508 e. The maximum atomic E-state index is 12.6. The number of aromatic hydroxyl groups is 1. The molecule has 1 heterocycles. The van der Waals surface area contributed by atoms with Gasteiger partial charge < -0.3 is 10.4 Å². The predicted molar refractivity (Wildman–Crippen MR) is 89.8 cm³/mol. The van der Waals surface area contributed by atoms with Crippen molar-refractivity contribution in [2.24, 2.45) is 0 Å². The lowest BCUT2D eigenvalue weighted by atomic mass is 9.97. The first-order valence-electron chi connectivity index (χ1n) is 7.18. The minimum atomic E-state index is -4.17. The number of alkyl halides is 3. The van der Waals surface area contributed by atoms with E-state index in [2.05, 4.69) is 5.32 Å². The molecule has 1 aliphatic heterocycles. The van der Waals surface area contributed by atoms with Gasteiger partial charge in [0.25, 0.3) is 0 Å². The Morgan fingerprint density at radius 1 is 1.22 bits per heavy atom. The number of hydrogen-bond acceptors (Lipinski definition) is 3. The first-order valence-corrected chi connectivity index (χ1v) is 7.18. The number of nitrogens with one attached hydrogen (secondary N) is 1. The minimum absolute atomic E-state index is 0. The van der Waals surface area contributed by atoms with Crippen molar-refractivity contribution in [3.8, 4) is 5.75 Å². The number of aryl methyl sites for hydroxylation is 1. The second-order valence-electron chi connectivity index (χ2n) is 5.52. The van der Waals surface area contributed by atoms with E-state index in [1.54, 1.807) is 12.1 Å². The molecule has 23 heavy (non-hydrogen) atoms. The van der Waals surface area contributed by atoms with Crippen LogP contribution in [0.25, 0.3) is 0 Å². The van der Waals surface area contributed by atoms with Crippen LogP contribution in [0.4, 0.5) is 13.2 Å². The fourth-order valence-corrected chi connectivity index (χ4v) is 2.76. The number of phenols is 1. The largest absolute Gasteiger partial charge is 0.508 e. The van der Waals surface area contributed by atoms with Crippen molar-refractivity contribution < 1.29 is 18.3 Å². The number of rotatable bonds is 4. The van der Waals surface area contributed by atoms with Crippen LogP contribution in [0.1, 0.15) is 30.0 Å². The molecule has 3 nitrogen and oxygen atoms in total. The topological polar surface area (TPSA) is 35.5 Å². The van der Waals surface area contributed by atoms with Gasteiger partial charge in [-0.05, 0) is 25.0 Å². The van der Waals surface area contributed by atoms with E-state index in [4.69, 9.17) is 0 Å². The Morgan fingerprint density at radius 2 is 1.83 bits per heavy atom. The molecular weight excluding hydrogens is 352 g/mol. The van der Waals surface area contributed by atoms with Gasteiger partial charge >= 0.3 is 6.18 Å². The summed E-state index contributed by atoms with van der Waals surface area (Å²) in [5.74, 6) is 0.0840. The molecule has 1 fully saturated rings. The third-order valence-electron chi connectivity index (χ3n) is 3.84. The van der Waals surface area contributed by atoms with Crippen molar-refractivity contribution in [1.29, 1.82) is 0 Å². The summed E-state index contributed by atoms with van der Waals surface area (Å²) in [6.45, 7) is 4.75. The molecule has 0 amide bonds. The van der Waals surface area contributed by atoms with Crippen LogP contribution in [-0.4, -0.2) is 42.4 Å². The quantitative estimate of drug-likeness (QED) is 0.840. The van der Waals surface area contributed by atoms with E-state index in [1.807, 2.05) is 17.9 Å². The Balaban J connectivity index is 0.00000242. The van der Waals surface area contributed by atoms with E-state index < -0.39 is 18.6 Å². The highest BCUT2D eigenvalue weighted by molar-refractivity contribution is 5.85. The molecule has 0 saturated carbocycles. The fourth-order valence-electron chi connectivity index (χ4n) is 2.76. The van der Waals surface area contributed by atoms with E-state index in [0.717, 1.165) is 18.7 Å². The summed E-state index contributed by atoms with van der Waals surface area (Å²) in [7, 11) is 0. The molecule has 8 heteroatoms. The Bertz CT molecular complexity index is 480. The van der Waals surface area contributed by atoms with Gasteiger partial charge in [0.2, 0.25) is 0 Å². The molecule has 134 valence electrons. The molecular formula is C15H23Cl2F3N2O. The summed E-state index contributed by atoms with van der Waals surface area (Å²) in [5, 5.41) is 13.3. The van der Waals surface area contributed by atoms with Crippen molar-refractivity contribution >= 4 is 24.8 Å². The highest BCUT2D eigenvalue weighted by atomic mass is 35.5. The molecule has 2 rings (SSSR count). The van der Waals surface area contributed by atoms with E-state index >= 15 is 0 Å². The van der Waals surface area contributed by atoms with Crippen molar-refractivity contribution in [3.63, 3.8) is 0 Å². The standard InChI is InChI=1S/C15H21F3N2O.2ClH/c1-11-2-3-12(14(21)10-11)13(4-5-15(16,17)18)20-8-6-19-7-9-20;;/h2-3,10,13,19,21H,4-9H2,1H3;2*1H/t13-;;/m0../s1. The second kappa shape index (κ2) is 9.57. The van der Waals surface area contributed by atoms with Crippen molar-refractivity contribution in [2.45, 2.75) is 32.0 Å². The van der Waals surface area contributed by atoms with Crippen LogP contribution in [0.3, 0.4) is 0 Å². The Labute approximate surface area is 147 Å². The smallest absolute Gasteiger partial charge is 0.389 e. The van der Waals surface area contributed by atoms with Gasteiger partial charge in [-0.3, -0.25) is 4.90 Å². The maximum Gasteiger partial charge on any atom is 0.389 e. The summed E-state index contributed by atoms with van der Waals surface area (Å²) in [6, 6.07) is 4.79. The van der Waals surface area contributed by atoms with Crippen LogP contribution in [0.2, 0.25) is 0 Å². The van der Waals surface area contributed by atoms with Gasteiger partial charge in [0.1, 0.15) is 5.75 Å². The molecule has 1 aromatic carbocycles. The highest BCUT2D eigenvalue weighted by Crippen LogP contribution is 2.36. The first-order chi connectivity index (χ1) is 9.87. The zero-order valence-electron chi connectivity index (χ0n) is 12.9. The number of phenolic OH excluding ortho intramolecular Hbond substituents is 1. The van der Waals surface area contributed by atoms with Gasteiger partial charge in [-0.25, -0.2) is 0 Å². The summed E-state index contributed by atoms with van der Waals surface area (Å²) in [5.41, 5.74) is 1.48. The van der Waals surface area contributed by atoms with E-state index in [0.29, 0.717) is 18.7 Å². The Kier molecular flexibility index (Phi) is 9.28. The van der Waals surface area contributed by atoms with Gasteiger partial charge in [0, 0.05) is 44.2 Å². The van der Waals surface area contributed by atoms with Crippen molar-refractivity contribution in [1.82, 2.24) is 10.2 Å². The fraction of sp³-hybridized carbons (Fsp3) is 0.600. The second-order valence-corrected chi connectivity index (χ2v) is 5.52. The molecule has 0 aromatic heterocycles. The normalized spacial score (nSPS) is 17.0. The zero-order valence-corrected chi connectivity index (χ0v) is 14.5. The summed E-state index contributed by atoms with van der Waals surface area (Å²) in [6.07, 6.45) is -5.04. The molecule has 0 aliphatic carbocycles. The van der Waals surface area contributed by atoms with E-state index in [-0.39, 0.29) is 37.0 Å². The molecule has 0 spiro atoms. The number of benzene rings is 1. The maximum absolute atomic E-state index is 12.6. The third kappa shape index (κ3) is 6.75. The molecule has 1 saturated heterocycles. The summed E-state index contributed by atoms with van der Waals surface area (Å²) >= 11 is 0. The highest BCUT2D eigenvalue weighted by Gasteiger charge is 2.32. The van der Waals surface area contributed by atoms with Crippen LogP contribution >= 0.6 is 24.8 Å². The molecule has 0 unspecified atom stereocenters. The van der Waals surface area contributed by atoms with Crippen LogP contribution in [-0.2, 0) is 0 Å². The van der Waals surface area contributed by atoms with Crippen molar-refractivity contribution in [2.75, 3.05) is 26.2 Å². The molecule has 0 radical (unpaired) electrons. The SMILES string of the molecule is Cc1ccc([C@H](CCC(F)(F)F)N2CCNCC2)c(O)c1.Cl.Cl. The van der Waals surface area contributed by atoms with Gasteiger partial charge in [-0.15, -0.1) is 24.8 Å². The number of hydrogen-bond donors (Lipinski definition) is 2. The lowest BCUT2D eigenvalue weighted by Crippen LogP contribution is -2.45. The Hall–Kier alpha value is -0.690. The summed E-state index contributed by atoms with van der Waals surface area (Å²) in [4.78, 5) is 2.02. The first kappa shape index (κ1) is 22.3. The number of piperazine rings is 1. The molecule has 2 N–H and O–H groups in total. The molecule has 1 aromatic rings. The van der Waals surface area contributed by atoms with Gasteiger partial charge in [-0.1, -0.05) is 12.1 Å². The lowest BCUT2D eigenvalue weighted by Gasteiger charge is -2.35. The summed E-state index contributed by atoms with van der Waals surface area (Å²) < 4.78 is 37.7.